The Labute approximate surface area is 92.8 Å². The van der Waals surface area contributed by atoms with E-state index in [-0.39, 0.29) is 17.4 Å². The third kappa shape index (κ3) is 2.94. The zero-order chi connectivity index (χ0) is 11.5. The molecule has 0 aromatic rings. The summed E-state index contributed by atoms with van der Waals surface area (Å²) in [5.41, 5.74) is 5.66. The van der Waals surface area contributed by atoms with E-state index in [4.69, 9.17) is 5.73 Å². The Bertz CT molecular complexity index is 228. The SMILES string of the molecule is CC(C)CCNC(=O)C1(C)CCCC1N. The lowest BCUT2D eigenvalue weighted by Crippen LogP contribution is -2.47. The van der Waals surface area contributed by atoms with E-state index >= 15 is 0 Å². The smallest absolute Gasteiger partial charge is 0.227 e. The van der Waals surface area contributed by atoms with Crippen LogP contribution in [-0.4, -0.2) is 18.5 Å². The van der Waals surface area contributed by atoms with Crippen molar-refractivity contribution in [2.24, 2.45) is 17.1 Å². The standard InChI is InChI=1S/C12H24N2O/c1-9(2)6-8-14-11(15)12(3)7-4-5-10(12)13/h9-10H,4-8,13H2,1-3H3,(H,14,15). The van der Waals surface area contributed by atoms with Gasteiger partial charge in [-0.3, -0.25) is 4.79 Å². The summed E-state index contributed by atoms with van der Waals surface area (Å²) in [4.78, 5) is 12.0. The van der Waals surface area contributed by atoms with Crippen LogP contribution >= 0.6 is 0 Å². The lowest BCUT2D eigenvalue weighted by atomic mass is 9.84. The van der Waals surface area contributed by atoms with E-state index in [0.29, 0.717) is 5.92 Å². The van der Waals surface area contributed by atoms with Gasteiger partial charge in [0.05, 0.1) is 5.41 Å². The molecule has 3 nitrogen and oxygen atoms in total. The predicted molar refractivity (Wildman–Crippen MR) is 62.4 cm³/mol. The van der Waals surface area contributed by atoms with Crippen LogP contribution in [0.3, 0.4) is 0 Å². The minimum atomic E-state index is -0.322. The molecule has 1 fully saturated rings. The third-order valence-corrected chi connectivity index (χ3v) is 3.56. The van der Waals surface area contributed by atoms with E-state index in [1.54, 1.807) is 0 Å². The van der Waals surface area contributed by atoms with Crippen molar-refractivity contribution >= 4 is 5.91 Å². The maximum absolute atomic E-state index is 12.0. The molecule has 0 aliphatic heterocycles. The van der Waals surface area contributed by atoms with Crippen LogP contribution in [0.2, 0.25) is 0 Å². The second kappa shape index (κ2) is 4.97. The number of hydrogen-bond donors (Lipinski definition) is 2. The van der Waals surface area contributed by atoms with Crippen LogP contribution in [0, 0.1) is 11.3 Å². The topological polar surface area (TPSA) is 55.1 Å². The molecule has 0 saturated heterocycles. The maximum atomic E-state index is 12.0. The monoisotopic (exact) mass is 212 g/mol. The van der Waals surface area contributed by atoms with E-state index in [0.717, 1.165) is 32.2 Å². The maximum Gasteiger partial charge on any atom is 0.227 e. The zero-order valence-corrected chi connectivity index (χ0v) is 10.2. The summed E-state index contributed by atoms with van der Waals surface area (Å²) in [7, 11) is 0. The van der Waals surface area contributed by atoms with E-state index in [2.05, 4.69) is 19.2 Å². The fourth-order valence-corrected chi connectivity index (χ4v) is 2.15. The van der Waals surface area contributed by atoms with Crippen molar-refractivity contribution in [1.29, 1.82) is 0 Å². The summed E-state index contributed by atoms with van der Waals surface area (Å²) < 4.78 is 0. The van der Waals surface area contributed by atoms with Gasteiger partial charge in [-0.1, -0.05) is 20.3 Å². The number of carbonyl (C=O) groups excluding carboxylic acids is 1. The quantitative estimate of drug-likeness (QED) is 0.744. The Balaban J connectivity index is 2.39. The molecule has 0 heterocycles. The van der Waals surface area contributed by atoms with Crippen LogP contribution in [0.4, 0.5) is 0 Å². The molecule has 2 atom stereocenters. The minimum Gasteiger partial charge on any atom is -0.356 e. The third-order valence-electron chi connectivity index (χ3n) is 3.56. The van der Waals surface area contributed by atoms with Crippen molar-refractivity contribution in [2.45, 2.75) is 52.5 Å². The van der Waals surface area contributed by atoms with E-state index in [9.17, 15) is 4.79 Å². The Morgan fingerprint density at radius 3 is 2.73 bits per heavy atom. The van der Waals surface area contributed by atoms with Crippen LogP contribution in [0.15, 0.2) is 0 Å². The van der Waals surface area contributed by atoms with Crippen molar-refractivity contribution in [2.75, 3.05) is 6.54 Å². The first-order valence-corrected chi connectivity index (χ1v) is 6.00. The van der Waals surface area contributed by atoms with Crippen LogP contribution in [0.5, 0.6) is 0 Å². The van der Waals surface area contributed by atoms with Gasteiger partial charge in [0.15, 0.2) is 0 Å². The molecule has 3 heteroatoms. The zero-order valence-electron chi connectivity index (χ0n) is 10.2. The molecule has 1 aliphatic rings. The average Bonchev–Trinajstić information content (AvgIpc) is 2.47. The lowest BCUT2D eigenvalue weighted by Gasteiger charge is -2.27. The second-order valence-electron chi connectivity index (χ2n) is 5.35. The number of nitrogens with two attached hydrogens (primary N) is 1. The van der Waals surface area contributed by atoms with Gasteiger partial charge in [0.1, 0.15) is 0 Å². The minimum absolute atomic E-state index is 0.0385. The van der Waals surface area contributed by atoms with Gasteiger partial charge in [-0.25, -0.2) is 0 Å². The van der Waals surface area contributed by atoms with Crippen LogP contribution in [-0.2, 0) is 4.79 Å². The summed E-state index contributed by atoms with van der Waals surface area (Å²) in [5.74, 6) is 0.781. The van der Waals surface area contributed by atoms with Crippen LogP contribution in [0.25, 0.3) is 0 Å². The van der Waals surface area contributed by atoms with Crippen molar-refractivity contribution < 1.29 is 4.79 Å². The summed E-state index contributed by atoms with van der Waals surface area (Å²) in [6.07, 6.45) is 4.03. The molecule has 0 aromatic carbocycles. The molecule has 3 N–H and O–H groups in total. The Morgan fingerprint density at radius 1 is 1.60 bits per heavy atom. The molecule has 1 aliphatic carbocycles. The molecule has 2 unspecified atom stereocenters. The van der Waals surface area contributed by atoms with E-state index in [1.807, 2.05) is 6.92 Å². The van der Waals surface area contributed by atoms with Gasteiger partial charge in [-0.15, -0.1) is 0 Å². The number of amides is 1. The summed E-state index contributed by atoms with van der Waals surface area (Å²) in [6.45, 7) is 7.10. The Morgan fingerprint density at radius 2 is 2.27 bits per heavy atom. The highest BCUT2D eigenvalue weighted by atomic mass is 16.2. The van der Waals surface area contributed by atoms with E-state index < -0.39 is 0 Å². The summed E-state index contributed by atoms with van der Waals surface area (Å²) >= 11 is 0. The van der Waals surface area contributed by atoms with Gasteiger partial charge < -0.3 is 11.1 Å². The Kier molecular flexibility index (Phi) is 4.14. The molecule has 15 heavy (non-hydrogen) atoms. The summed E-state index contributed by atoms with van der Waals surface area (Å²) in [6, 6.07) is 0.0385. The highest BCUT2D eigenvalue weighted by Crippen LogP contribution is 2.36. The Hall–Kier alpha value is -0.570. The first-order chi connectivity index (χ1) is 6.97. The molecular weight excluding hydrogens is 188 g/mol. The highest BCUT2D eigenvalue weighted by molar-refractivity contribution is 5.83. The molecule has 1 amide bonds. The van der Waals surface area contributed by atoms with Gasteiger partial charge in [0.2, 0.25) is 5.91 Å². The van der Waals surface area contributed by atoms with Crippen LogP contribution < -0.4 is 11.1 Å². The fraction of sp³-hybridized carbons (Fsp3) is 0.917. The molecule has 88 valence electrons. The van der Waals surface area contributed by atoms with Crippen molar-refractivity contribution in [3.8, 4) is 0 Å². The van der Waals surface area contributed by atoms with Gasteiger partial charge in [0.25, 0.3) is 0 Å². The van der Waals surface area contributed by atoms with Gasteiger partial charge >= 0.3 is 0 Å². The van der Waals surface area contributed by atoms with E-state index in [1.165, 1.54) is 0 Å². The average molecular weight is 212 g/mol. The number of rotatable bonds is 4. The van der Waals surface area contributed by atoms with Gasteiger partial charge in [-0.2, -0.15) is 0 Å². The van der Waals surface area contributed by atoms with Gasteiger partial charge in [-0.05, 0) is 32.1 Å². The molecule has 0 radical (unpaired) electrons. The molecule has 1 saturated carbocycles. The largest absolute Gasteiger partial charge is 0.356 e. The second-order valence-corrected chi connectivity index (χ2v) is 5.35. The normalized spacial score (nSPS) is 30.9. The van der Waals surface area contributed by atoms with Gasteiger partial charge in [0, 0.05) is 12.6 Å². The van der Waals surface area contributed by atoms with Crippen molar-refractivity contribution in [3.63, 3.8) is 0 Å². The number of nitrogens with one attached hydrogen (secondary N) is 1. The molecule has 0 bridgehead atoms. The first kappa shape index (κ1) is 12.5. The van der Waals surface area contributed by atoms with Crippen molar-refractivity contribution in [1.82, 2.24) is 5.32 Å². The predicted octanol–water partition coefficient (Wildman–Crippen LogP) is 1.67. The highest BCUT2D eigenvalue weighted by Gasteiger charge is 2.42. The van der Waals surface area contributed by atoms with Crippen molar-refractivity contribution in [3.05, 3.63) is 0 Å². The lowest BCUT2D eigenvalue weighted by molar-refractivity contribution is -0.130. The summed E-state index contributed by atoms with van der Waals surface area (Å²) in [5, 5.41) is 3.01. The molecule has 0 spiro atoms. The van der Waals surface area contributed by atoms with Crippen LogP contribution in [0.1, 0.15) is 46.5 Å². The fourth-order valence-electron chi connectivity index (χ4n) is 2.15. The number of hydrogen-bond acceptors (Lipinski definition) is 2. The number of carbonyl (C=O) groups is 1. The molecular formula is C12H24N2O. The first-order valence-electron chi connectivity index (χ1n) is 6.00. The molecule has 1 rings (SSSR count). The molecule has 0 aromatic heterocycles.